The lowest BCUT2D eigenvalue weighted by Crippen LogP contribution is -2.46. The van der Waals surface area contributed by atoms with Gasteiger partial charge in [-0.25, -0.2) is 4.79 Å². The molecular weight excluding hydrogens is 462 g/mol. The molecular formula is C27H23N3O6. The fourth-order valence-corrected chi connectivity index (χ4v) is 4.48. The highest BCUT2D eigenvalue weighted by molar-refractivity contribution is 6.11. The molecule has 4 amide bonds. The van der Waals surface area contributed by atoms with Crippen LogP contribution in [0.1, 0.15) is 28.4 Å². The summed E-state index contributed by atoms with van der Waals surface area (Å²) in [4.78, 5) is 52.7. The van der Waals surface area contributed by atoms with Crippen LogP contribution in [-0.2, 0) is 21.5 Å². The molecule has 3 aromatic rings. The number of urea groups is 1. The first-order valence-electron chi connectivity index (χ1n) is 11.4. The Morgan fingerprint density at radius 3 is 2.28 bits per heavy atom. The summed E-state index contributed by atoms with van der Waals surface area (Å²) >= 11 is 0. The van der Waals surface area contributed by atoms with Gasteiger partial charge in [-0.3, -0.25) is 19.3 Å². The minimum absolute atomic E-state index is 0.00944. The number of rotatable bonds is 7. The van der Waals surface area contributed by atoms with Crippen molar-refractivity contribution >= 4 is 29.3 Å². The molecule has 1 atom stereocenters. The molecule has 0 aromatic heterocycles. The summed E-state index contributed by atoms with van der Waals surface area (Å²) in [5, 5.41) is 5.47. The Bertz CT molecular complexity index is 1360. The van der Waals surface area contributed by atoms with Crippen LogP contribution in [0.15, 0.2) is 72.8 Å². The number of ketones is 1. The fraction of sp³-hybridized carbons (Fsp3) is 0.185. The zero-order valence-electron chi connectivity index (χ0n) is 19.4. The average molecular weight is 485 g/mol. The minimum Gasteiger partial charge on any atom is -0.454 e. The maximum absolute atomic E-state index is 13.7. The molecule has 9 heteroatoms. The van der Waals surface area contributed by atoms with Gasteiger partial charge in [0.2, 0.25) is 12.7 Å². The lowest BCUT2D eigenvalue weighted by atomic mass is 9.83. The van der Waals surface area contributed by atoms with Gasteiger partial charge in [0.25, 0.3) is 5.91 Å². The van der Waals surface area contributed by atoms with E-state index in [9.17, 15) is 19.2 Å². The first-order chi connectivity index (χ1) is 17.4. The van der Waals surface area contributed by atoms with Gasteiger partial charge in [0.05, 0.1) is 5.69 Å². The molecule has 0 radical (unpaired) electrons. The number of carbonyl (C=O) groups excluding carboxylic acids is 4. The highest BCUT2D eigenvalue weighted by Gasteiger charge is 2.52. The van der Waals surface area contributed by atoms with Gasteiger partial charge in [0, 0.05) is 18.1 Å². The third kappa shape index (κ3) is 4.15. The Labute approximate surface area is 207 Å². The molecule has 2 N–H and O–H groups in total. The van der Waals surface area contributed by atoms with E-state index in [2.05, 4.69) is 10.6 Å². The third-order valence-corrected chi connectivity index (χ3v) is 6.22. The van der Waals surface area contributed by atoms with E-state index in [1.165, 1.54) is 19.1 Å². The number of nitrogens with zero attached hydrogens (tertiary/aromatic N) is 1. The van der Waals surface area contributed by atoms with Gasteiger partial charge in [-0.1, -0.05) is 60.7 Å². The molecule has 0 unspecified atom stereocenters. The molecule has 36 heavy (non-hydrogen) atoms. The summed E-state index contributed by atoms with van der Waals surface area (Å²) in [5.74, 6) is -0.666. The van der Waals surface area contributed by atoms with E-state index in [0.717, 1.165) is 10.5 Å². The predicted molar refractivity (Wildman–Crippen MR) is 130 cm³/mol. The van der Waals surface area contributed by atoms with E-state index >= 15 is 0 Å². The van der Waals surface area contributed by atoms with Gasteiger partial charge >= 0.3 is 6.03 Å². The topological polar surface area (TPSA) is 114 Å². The van der Waals surface area contributed by atoms with Crippen LogP contribution in [0.25, 0.3) is 0 Å². The van der Waals surface area contributed by atoms with Gasteiger partial charge < -0.3 is 20.1 Å². The van der Waals surface area contributed by atoms with E-state index in [0.29, 0.717) is 17.1 Å². The molecule has 0 spiro atoms. The van der Waals surface area contributed by atoms with Crippen molar-refractivity contribution in [3.8, 4) is 11.5 Å². The van der Waals surface area contributed by atoms with Gasteiger partial charge in [-0.15, -0.1) is 0 Å². The number of Topliss-reactive ketones (excluding diaryl/α,β-unsaturated/α-hetero) is 1. The number of ether oxygens (including phenoxy) is 2. The van der Waals surface area contributed by atoms with Gasteiger partial charge in [0.1, 0.15) is 6.54 Å². The SMILES string of the molecule is CC(=O)c1cc2c(cc1NC(=O)CN1C(=O)N[C@@](Cc3ccccc3)(c3ccccc3)C1=O)OCO2. The highest BCUT2D eigenvalue weighted by atomic mass is 16.7. The summed E-state index contributed by atoms with van der Waals surface area (Å²) in [7, 11) is 0. The largest absolute Gasteiger partial charge is 0.454 e. The first-order valence-corrected chi connectivity index (χ1v) is 11.4. The minimum atomic E-state index is -1.36. The van der Waals surface area contributed by atoms with Crippen molar-refractivity contribution < 1.29 is 28.7 Å². The van der Waals surface area contributed by atoms with Crippen molar-refractivity contribution in [3.63, 3.8) is 0 Å². The van der Waals surface area contributed by atoms with Gasteiger partial charge in [-0.2, -0.15) is 0 Å². The van der Waals surface area contributed by atoms with Crippen LogP contribution in [0.3, 0.4) is 0 Å². The monoisotopic (exact) mass is 485 g/mol. The number of carbonyl (C=O) groups is 4. The van der Waals surface area contributed by atoms with Crippen LogP contribution in [0.4, 0.5) is 10.5 Å². The van der Waals surface area contributed by atoms with Crippen LogP contribution in [-0.4, -0.2) is 41.9 Å². The Hall–Kier alpha value is -4.66. The summed E-state index contributed by atoms with van der Waals surface area (Å²) in [6, 6.07) is 20.6. The standard InChI is InChI=1S/C27H23N3O6/c1-17(31)20-12-22-23(36-16-35-22)13-21(20)28-24(32)15-30-25(33)27(29-26(30)34,19-10-6-3-7-11-19)14-18-8-4-2-5-9-18/h2-13H,14-16H2,1H3,(H,28,32)(H,29,34)/t27-/m0/s1. The average Bonchev–Trinajstić information content (AvgIpc) is 3.42. The Kier molecular flexibility index (Phi) is 5.89. The van der Waals surface area contributed by atoms with E-state index in [-0.39, 0.29) is 30.2 Å². The van der Waals surface area contributed by atoms with Crippen LogP contribution >= 0.6 is 0 Å². The third-order valence-electron chi connectivity index (χ3n) is 6.22. The molecule has 2 heterocycles. The van der Waals surface area contributed by atoms with Crippen molar-refractivity contribution in [2.45, 2.75) is 18.9 Å². The Morgan fingerprint density at radius 2 is 1.61 bits per heavy atom. The molecule has 9 nitrogen and oxygen atoms in total. The Balaban J connectivity index is 1.41. The Morgan fingerprint density at radius 1 is 0.972 bits per heavy atom. The molecule has 0 saturated carbocycles. The summed E-state index contributed by atoms with van der Waals surface area (Å²) in [6.07, 6.45) is 0.219. The number of hydrogen-bond acceptors (Lipinski definition) is 6. The summed E-state index contributed by atoms with van der Waals surface area (Å²) in [6.45, 7) is 0.845. The number of nitrogens with one attached hydrogen (secondary N) is 2. The molecule has 0 bridgehead atoms. The zero-order valence-corrected chi connectivity index (χ0v) is 19.4. The number of amides is 4. The molecule has 0 aliphatic carbocycles. The number of hydrogen-bond donors (Lipinski definition) is 2. The van der Waals surface area contributed by atoms with Crippen LogP contribution in [0.5, 0.6) is 11.5 Å². The number of fused-ring (bicyclic) bond motifs is 1. The van der Waals surface area contributed by atoms with Crippen molar-refractivity contribution in [1.29, 1.82) is 0 Å². The molecule has 5 rings (SSSR count). The maximum Gasteiger partial charge on any atom is 0.325 e. The summed E-state index contributed by atoms with van der Waals surface area (Å²) < 4.78 is 10.6. The van der Waals surface area contributed by atoms with Crippen LogP contribution < -0.4 is 20.1 Å². The molecule has 3 aromatic carbocycles. The van der Waals surface area contributed by atoms with Crippen molar-refractivity contribution in [2.24, 2.45) is 0 Å². The predicted octanol–water partition coefficient (Wildman–Crippen LogP) is 3.25. The van der Waals surface area contributed by atoms with Crippen molar-refractivity contribution in [1.82, 2.24) is 10.2 Å². The van der Waals surface area contributed by atoms with Gasteiger partial charge in [0.15, 0.2) is 22.8 Å². The van der Waals surface area contributed by atoms with Crippen LogP contribution in [0, 0.1) is 0 Å². The molecule has 182 valence electrons. The smallest absolute Gasteiger partial charge is 0.325 e. The quantitative estimate of drug-likeness (QED) is 0.392. The molecule has 1 fully saturated rings. The molecule has 2 aliphatic heterocycles. The lowest BCUT2D eigenvalue weighted by molar-refractivity contribution is -0.134. The van der Waals surface area contributed by atoms with Crippen molar-refractivity contribution in [3.05, 3.63) is 89.5 Å². The molecule has 2 aliphatic rings. The first kappa shape index (κ1) is 23.1. The summed E-state index contributed by atoms with van der Waals surface area (Å²) in [5.41, 5.74) is 0.552. The number of imide groups is 1. The number of anilines is 1. The van der Waals surface area contributed by atoms with E-state index in [4.69, 9.17) is 9.47 Å². The maximum atomic E-state index is 13.7. The zero-order chi connectivity index (χ0) is 25.3. The van der Waals surface area contributed by atoms with Crippen molar-refractivity contribution in [2.75, 3.05) is 18.7 Å². The van der Waals surface area contributed by atoms with Gasteiger partial charge in [-0.05, 0) is 24.1 Å². The van der Waals surface area contributed by atoms with E-state index in [1.54, 1.807) is 24.3 Å². The van der Waals surface area contributed by atoms with E-state index in [1.807, 2.05) is 36.4 Å². The lowest BCUT2D eigenvalue weighted by Gasteiger charge is -2.27. The molecule has 1 saturated heterocycles. The number of benzene rings is 3. The van der Waals surface area contributed by atoms with Crippen LogP contribution in [0.2, 0.25) is 0 Å². The normalized spacial score (nSPS) is 18.2. The second kappa shape index (κ2) is 9.18. The fourth-order valence-electron chi connectivity index (χ4n) is 4.48. The van der Waals surface area contributed by atoms with E-state index < -0.39 is 29.9 Å². The highest BCUT2D eigenvalue weighted by Crippen LogP contribution is 2.37. The second-order valence-electron chi connectivity index (χ2n) is 8.61. The second-order valence-corrected chi connectivity index (χ2v) is 8.61.